The fraction of sp³-hybridized carbons (Fsp3) is 0.533. The SMILES string of the molecule is COc1ccccc1C(C)(CC(=O)O)N1CCCC1. The summed E-state index contributed by atoms with van der Waals surface area (Å²) in [7, 11) is 1.63. The highest BCUT2D eigenvalue weighted by Crippen LogP contribution is 2.39. The van der Waals surface area contributed by atoms with E-state index in [0.29, 0.717) is 0 Å². The Hall–Kier alpha value is -1.55. The standard InChI is InChI=1S/C15H21NO3/c1-15(11-14(17)18,16-9-5-6-10-16)12-7-3-4-8-13(12)19-2/h3-4,7-8H,5-6,9-11H2,1-2H3,(H,17,18). The molecule has 0 amide bonds. The fourth-order valence-corrected chi connectivity index (χ4v) is 2.97. The average Bonchev–Trinajstić information content (AvgIpc) is 2.92. The van der Waals surface area contributed by atoms with E-state index in [4.69, 9.17) is 4.74 Å². The predicted molar refractivity (Wildman–Crippen MR) is 73.4 cm³/mol. The first-order valence-corrected chi connectivity index (χ1v) is 6.68. The summed E-state index contributed by atoms with van der Waals surface area (Å²) >= 11 is 0. The quantitative estimate of drug-likeness (QED) is 0.886. The van der Waals surface area contributed by atoms with Gasteiger partial charge in [-0.1, -0.05) is 18.2 Å². The Morgan fingerprint density at radius 2 is 2.00 bits per heavy atom. The number of nitrogens with zero attached hydrogens (tertiary/aromatic N) is 1. The lowest BCUT2D eigenvalue weighted by Gasteiger charge is -2.39. The summed E-state index contributed by atoms with van der Waals surface area (Å²) in [6, 6.07) is 7.72. The zero-order valence-electron chi connectivity index (χ0n) is 11.6. The van der Waals surface area contributed by atoms with Gasteiger partial charge in [0.2, 0.25) is 0 Å². The Balaban J connectivity index is 2.43. The summed E-state index contributed by atoms with van der Waals surface area (Å²) in [6.07, 6.45) is 2.35. The first kappa shape index (κ1) is 13.9. The minimum Gasteiger partial charge on any atom is -0.496 e. The lowest BCUT2D eigenvalue weighted by atomic mass is 9.86. The number of likely N-dealkylation sites (tertiary alicyclic amines) is 1. The Labute approximate surface area is 114 Å². The van der Waals surface area contributed by atoms with Gasteiger partial charge in [0.25, 0.3) is 0 Å². The minimum atomic E-state index is -0.777. The lowest BCUT2D eigenvalue weighted by Crippen LogP contribution is -2.44. The van der Waals surface area contributed by atoms with E-state index in [1.807, 2.05) is 31.2 Å². The molecule has 1 aliphatic rings. The van der Waals surface area contributed by atoms with Crippen molar-refractivity contribution in [1.29, 1.82) is 0 Å². The van der Waals surface area contributed by atoms with Gasteiger partial charge in [-0.3, -0.25) is 9.69 Å². The molecule has 0 saturated carbocycles. The molecular formula is C15H21NO3. The van der Waals surface area contributed by atoms with Gasteiger partial charge in [0, 0.05) is 5.56 Å². The molecule has 1 atom stereocenters. The van der Waals surface area contributed by atoms with Crippen molar-refractivity contribution < 1.29 is 14.6 Å². The molecule has 1 unspecified atom stereocenters. The van der Waals surface area contributed by atoms with Crippen LogP contribution in [0, 0.1) is 0 Å². The highest BCUT2D eigenvalue weighted by Gasteiger charge is 2.39. The molecule has 1 fully saturated rings. The van der Waals surface area contributed by atoms with Gasteiger partial charge in [0.15, 0.2) is 0 Å². The van der Waals surface area contributed by atoms with Gasteiger partial charge in [0.1, 0.15) is 5.75 Å². The van der Waals surface area contributed by atoms with Crippen LogP contribution in [0.2, 0.25) is 0 Å². The molecule has 4 heteroatoms. The second-order valence-corrected chi connectivity index (χ2v) is 5.24. The van der Waals surface area contributed by atoms with Crippen LogP contribution in [0.15, 0.2) is 24.3 Å². The molecule has 1 aliphatic heterocycles. The molecule has 2 rings (SSSR count). The Kier molecular flexibility index (Phi) is 4.10. The normalized spacial score (nSPS) is 19.1. The van der Waals surface area contributed by atoms with Crippen LogP contribution in [0.1, 0.15) is 31.7 Å². The van der Waals surface area contributed by atoms with E-state index < -0.39 is 11.5 Å². The van der Waals surface area contributed by atoms with Crippen molar-refractivity contribution in [2.45, 2.75) is 31.7 Å². The molecular weight excluding hydrogens is 242 g/mol. The predicted octanol–water partition coefficient (Wildman–Crippen LogP) is 2.48. The van der Waals surface area contributed by atoms with Crippen LogP contribution in [0.3, 0.4) is 0 Å². The van der Waals surface area contributed by atoms with Gasteiger partial charge in [-0.2, -0.15) is 0 Å². The van der Waals surface area contributed by atoms with Crippen LogP contribution in [-0.2, 0) is 10.3 Å². The summed E-state index contributed by atoms with van der Waals surface area (Å²) in [6.45, 7) is 3.90. The van der Waals surface area contributed by atoms with Crippen molar-refractivity contribution in [1.82, 2.24) is 4.90 Å². The third-order valence-corrected chi connectivity index (χ3v) is 3.99. The van der Waals surface area contributed by atoms with Crippen molar-refractivity contribution >= 4 is 5.97 Å². The first-order valence-electron chi connectivity index (χ1n) is 6.68. The van der Waals surface area contributed by atoms with E-state index >= 15 is 0 Å². The number of hydrogen-bond acceptors (Lipinski definition) is 3. The number of rotatable bonds is 5. The Morgan fingerprint density at radius 3 is 2.58 bits per heavy atom. The van der Waals surface area contributed by atoms with Crippen LogP contribution in [0.4, 0.5) is 0 Å². The van der Waals surface area contributed by atoms with Crippen LogP contribution >= 0.6 is 0 Å². The summed E-state index contributed by atoms with van der Waals surface area (Å²) < 4.78 is 5.41. The minimum absolute atomic E-state index is 0.0906. The molecule has 19 heavy (non-hydrogen) atoms. The van der Waals surface area contributed by atoms with Crippen molar-refractivity contribution in [3.05, 3.63) is 29.8 Å². The first-order chi connectivity index (χ1) is 9.08. The van der Waals surface area contributed by atoms with Crippen LogP contribution in [0.25, 0.3) is 0 Å². The maximum absolute atomic E-state index is 11.3. The van der Waals surface area contributed by atoms with E-state index in [1.165, 1.54) is 0 Å². The third-order valence-electron chi connectivity index (χ3n) is 3.99. The molecule has 1 N–H and O–H groups in total. The molecule has 4 nitrogen and oxygen atoms in total. The maximum Gasteiger partial charge on any atom is 0.305 e. The van der Waals surface area contributed by atoms with Crippen molar-refractivity contribution in [3.8, 4) is 5.75 Å². The Morgan fingerprint density at radius 1 is 1.37 bits per heavy atom. The van der Waals surface area contributed by atoms with Crippen molar-refractivity contribution in [2.24, 2.45) is 0 Å². The van der Waals surface area contributed by atoms with E-state index in [-0.39, 0.29) is 6.42 Å². The number of benzene rings is 1. The van der Waals surface area contributed by atoms with Gasteiger partial charge in [-0.25, -0.2) is 0 Å². The maximum atomic E-state index is 11.3. The number of carboxylic acids is 1. The smallest absolute Gasteiger partial charge is 0.305 e. The average molecular weight is 263 g/mol. The molecule has 0 aromatic heterocycles. The highest BCUT2D eigenvalue weighted by atomic mass is 16.5. The molecule has 0 spiro atoms. The van der Waals surface area contributed by atoms with Gasteiger partial charge in [0.05, 0.1) is 19.1 Å². The van der Waals surface area contributed by atoms with Crippen molar-refractivity contribution in [2.75, 3.05) is 20.2 Å². The molecule has 1 heterocycles. The zero-order chi connectivity index (χ0) is 13.9. The number of aliphatic carboxylic acids is 1. The van der Waals surface area contributed by atoms with Gasteiger partial charge < -0.3 is 9.84 Å². The number of methoxy groups -OCH3 is 1. The molecule has 1 aromatic rings. The lowest BCUT2D eigenvalue weighted by molar-refractivity contribution is -0.140. The Bertz CT molecular complexity index is 454. The number of ether oxygens (including phenoxy) is 1. The largest absolute Gasteiger partial charge is 0.496 e. The molecule has 0 aliphatic carbocycles. The molecule has 0 radical (unpaired) electrons. The number of hydrogen-bond donors (Lipinski definition) is 1. The summed E-state index contributed by atoms with van der Waals surface area (Å²) in [5, 5.41) is 9.27. The zero-order valence-corrected chi connectivity index (χ0v) is 11.6. The second kappa shape index (κ2) is 5.61. The highest BCUT2D eigenvalue weighted by molar-refractivity contribution is 5.69. The van der Waals surface area contributed by atoms with Crippen molar-refractivity contribution in [3.63, 3.8) is 0 Å². The van der Waals surface area contributed by atoms with Crippen LogP contribution < -0.4 is 4.74 Å². The summed E-state index contributed by atoms with van der Waals surface area (Å²) in [4.78, 5) is 13.5. The van der Waals surface area contributed by atoms with Gasteiger partial charge in [-0.05, 0) is 38.9 Å². The molecule has 104 valence electrons. The number of para-hydroxylation sites is 1. The van der Waals surface area contributed by atoms with Crippen LogP contribution in [0.5, 0.6) is 5.75 Å². The van der Waals surface area contributed by atoms with Gasteiger partial charge >= 0.3 is 5.97 Å². The monoisotopic (exact) mass is 263 g/mol. The molecule has 1 aromatic carbocycles. The third kappa shape index (κ3) is 2.73. The van der Waals surface area contributed by atoms with E-state index in [0.717, 1.165) is 37.2 Å². The second-order valence-electron chi connectivity index (χ2n) is 5.24. The van der Waals surface area contributed by atoms with E-state index in [2.05, 4.69) is 4.90 Å². The van der Waals surface area contributed by atoms with E-state index in [9.17, 15) is 9.90 Å². The topological polar surface area (TPSA) is 49.8 Å². The summed E-state index contributed by atoms with van der Waals surface area (Å²) in [5.74, 6) is -0.0153. The molecule has 1 saturated heterocycles. The van der Waals surface area contributed by atoms with E-state index in [1.54, 1.807) is 7.11 Å². The number of carbonyl (C=O) groups is 1. The number of carboxylic acid groups (broad SMARTS) is 1. The summed E-state index contributed by atoms with van der Waals surface area (Å²) in [5.41, 5.74) is 0.455. The van der Waals surface area contributed by atoms with Gasteiger partial charge in [-0.15, -0.1) is 0 Å². The fourth-order valence-electron chi connectivity index (χ4n) is 2.97. The van der Waals surface area contributed by atoms with Crippen LogP contribution in [-0.4, -0.2) is 36.2 Å². The molecule has 0 bridgehead atoms.